The Kier molecular flexibility index (Phi) is 7.38. The van der Waals surface area contributed by atoms with E-state index < -0.39 is 0 Å². The number of aryl methyl sites for hydroxylation is 1. The number of aromatic nitrogens is 2. The van der Waals surface area contributed by atoms with E-state index in [1.807, 2.05) is 69.2 Å². The van der Waals surface area contributed by atoms with E-state index in [0.29, 0.717) is 21.9 Å². The van der Waals surface area contributed by atoms with Crippen LogP contribution in [0.25, 0.3) is 21.3 Å². The van der Waals surface area contributed by atoms with Gasteiger partial charge in [0.15, 0.2) is 5.16 Å². The molecule has 0 atom stereocenters. The van der Waals surface area contributed by atoms with Crippen molar-refractivity contribution in [3.63, 3.8) is 0 Å². The summed E-state index contributed by atoms with van der Waals surface area (Å²) in [7, 11) is 0. The van der Waals surface area contributed by atoms with Crippen molar-refractivity contribution < 1.29 is 4.79 Å². The van der Waals surface area contributed by atoms with Crippen molar-refractivity contribution in [2.75, 3.05) is 5.75 Å². The lowest BCUT2D eigenvalue weighted by molar-refractivity contribution is -0.131. The molecule has 0 bridgehead atoms. The van der Waals surface area contributed by atoms with Crippen LogP contribution in [0.3, 0.4) is 0 Å². The van der Waals surface area contributed by atoms with Crippen LogP contribution in [0.5, 0.6) is 0 Å². The highest BCUT2D eigenvalue weighted by atomic mass is 32.2. The van der Waals surface area contributed by atoms with Crippen LogP contribution in [0, 0.1) is 6.92 Å². The molecular weight excluding hydrogens is 426 g/mol. The van der Waals surface area contributed by atoms with Crippen molar-refractivity contribution >= 4 is 39.2 Å². The van der Waals surface area contributed by atoms with Gasteiger partial charge in [-0.1, -0.05) is 47.7 Å². The van der Waals surface area contributed by atoms with Crippen LogP contribution in [0.15, 0.2) is 52.3 Å². The van der Waals surface area contributed by atoms with Crippen molar-refractivity contribution in [1.82, 2.24) is 14.5 Å². The summed E-state index contributed by atoms with van der Waals surface area (Å²) in [6, 6.07) is 8.38. The van der Waals surface area contributed by atoms with E-state index in [1.54, 1.807) is 10.6 Å². The van der Waals surface area contributed by atoms with Gasteiger partial charge in [0.1, 0.15) is 4.83 Å². The smallest absolute Gasteiger partial charge is 0.263 e. The lowest BCUT2D eigenvalue weighted by atomic mass is 10.1. The first kappa shape index (κ1) is 23.3. The zero-order valence-electron chi connectivity index (χ0n) is 18.7. The molecule has 0 aliphatic carbocycles. The first-order valence-electron chi connectivity index (χ1n) is 10.4. The molecule has 0 spiro atoms. The summed E-state index contributed by atoms with van der Waals surface area (Å²) in [5, 5.41) is 3.16. The maximum atomic E-state index is 13.4. The molecule has 1 aromatic carbocycles. The van der Waals surface area contributed by atoms with Crippen molar-refractivity contribution in [2.24, 2.45) is 0 Å². The topological polar surface area (TPSA) is 55.2 Å². The van der Waals surface area contributed by atoms with Gasteiger partial charge >= 0.3 is 0 Å². The van der Waals surface area contributed by atoms with Gasteiger partial charge in [-0.25, -0.2) is 4.98 Å². The third-order valence-corrected chi connectivity index (χ3v) is 6.89. The summed E-state index contributed by atoms with van der Waals surface area (Å²) in [4.78, 5) is 33.6. The fourth-order valence-electron chi connectivity index (χ4n) is 3.72. The number of carbonyl (C=O) groups is 1. The fraction of sp³-hybridized carbons (Fsp3) is 0.375. The SMILES string of the molecule is C=CCn1c(SCC(=O)N(C(C)C)C(C)C)nc2scc(-c3ccc(C)cc3)c2c1=O. The van der Waals surface area contributed by atoms with Crippen molar-refractivity contribution in [3.8, 4) is 11.1 Å². The number of benzene rings is 1. The Morgan fingerprint density at radius 3 is 2.45 bits per heavy atom. The highest BCUT2D eigenvalue weighted by Crippen LogP contribution is 2.32. The van der Waals surface area contributed by atoms with Gasteiger partial charge in [0.25, 0.3) is 5.56 Å². The zero-order valence-corrected chi connectivity index (χ0v) is 20.3. The number of hydrogen-bond donors (Lipinski definition) is 0. The lowest BCUT2D eigenvalue weighted by Crippen LogP contribution is -2.43. The Balaban J connectivity index is 2.00. The number of fused-ring (bicyclic) bond motifs is 1. The molecule has 0 saturated carbocycles. The highest BCUT2D eigenvalue weighted by Gasteiger charge is 2.22. The summed E-state index contributed by atoms with van der Waals surface area (Å²) in [6.07, 6.45) is 1.69. The molecule has 164 valence electrons. The van der Waals surface area contributed by atoms with Gasteiger partial charge in [0, 0.05) is 29.6 Å². The van der Waals surface area contributed by atoms with Gasteiger partial charge in [-0.3, -0.25) is 14.2 Å². The molecule has 0 aliphatic heterocycles. The van der Waals surface area contributed by atoms with Crippen LogP contribution in [0.4, 0.5) is 0 Å². The third-order valence-electron chi connectivity index (χ3n) is 5.06. The minimum atomic E-state index is -0.0961. The number of rotatable bonds is 8. The molecule has 0 N–H and O–H groups in total. The fourth-order valence-corrected chi connectivity index (χ4v) is 5.59. The predicted molar refractivity (Wildman–Crippen MR) is 132 cm³/mol. The predicted octanol–water partition coefficient (Wildman–Crippen LogP) is 5.36. The average Bonchev–Trinajstić information content (AvgIpc) is 3.13. The molecule has 0 radical (unpaired) electrons. The first-order valence-corrected chi connectivity index (χ1v) is 12.2. The third kappa shape index (κ3) is 4.93. The van der Waals surface area contributed by atoms with Crippen LogP contribution in [0.2, 0.25) is 0 Å². The Hall–Kier alpha value is -2.38. The Bertz CT molecular complexity index is 1140. The van der Waals surface area contributed by atoms with Crippen molar-refractivity contribution in [3.05, 3.63) is 58.2 Å². The molecule has 2 aromatic heterocycles. The number of allylic oxidation sites excluding steroid dienone is 1. The number of hydrogen-bond acceptors (Lipinski definition) is 5. The van der Waals surface area contributed by atoms with E-state index in [9.17, 15) is 9.59 Å². The quantitative estimate of drug-likeness (QED) is 0.261. The molecule has 2 heterocycles. The summed E-state index contributed by atoms with van der Waals surface area (Å²) in [5.41, 5.74) is 2.97. The number of nitrogens with zero attached hydrogens (tertiary/aromatic N) is 3. The van der Waals surface area contributed by atoms with E-state index in [2.05, 4.69) is 6.58 Å². The maximum Gasteiger partial charge on any atom is 0.263 e. The summed E-state index contributed by atoms with van der Waals surface area (Å²) in [5.74, 6) is 0.280. The Morgan fingerprint density at radius 1 is 1.23 bits per heavy atom. The molecule has 1 amide bonds. The van der Waals surface area contributed by atoms with Gasteiger partial charge in [-0.15, -0.1) is 17.9 Å². The van der Waals surface area contributed by atoms with Gasteiger partial charge in [-0.05, 0) is 40.2 Å². The molecule has 0 unspecified atom stereocenters. The van der Waals surface area contributed by atoms with E-state index in [-0.39, 0.29) is 29.3 Å². The van der Waals surface area contributed by atoms with Gasteiger partial charge in [-0.2, -0.15) is 0 Å². The number of amides is 1. The highest BCUT2D eigenvalue weighted by molar-refractivity contribution is 7.99. The van der Waals surface area contributed by atoms with E-state index in [1.165, 1.54) is 28.7 Å². The lowest BCUT2D eigenvalue weighted by Gasteiger charge is -2.30. The molecule has 5 nitrogen and oxygen atoms in total. The zero-order chi connectivity index (χ0) is 22.7. The normalized spacial score (nSPS) is 11.5. The van der Waals surface area contributed by atoms with Crippen molar-refractivity contribution in [1.29, 1.82) is 0 Å². The molecule has 0 fully saturated rings. The van der Waals surface area contributed by atoms with Crippen LogP contribution >= 0.6 is 23.1 Å². The molecule has 3 rings (SSSR count). The second kappa shape index (κ2) is 9.83. The van der Waals surface area contributed by atoms with E-state index in [0.717, 1.165) is 11.1 Å². The minimum absolute atomic E-state index is 0.0426. The van der Waals surface area contributed by atoms with Crippen LogP contribution in [0.1, 0.15) is 33.3 Å². The summed E-state index contributed by atoms with van der Waals surface area (Å²) >= 11 is 2.77. The average molecular weight is 456 g/mol. The van der Waals surface area contributed by atoms with Gasteiger partial charge in [0.2, 0.25) is 5.91 Å². The molecule has 3 aromatic rings. The number of carbonyl (C=O) groups excluding carboxylic acids is 1. The number of thioether (sulfide) groups is 1. The van der Waals surface area contributed by atoms with Crippen LogP contribution < -0.4 is 5.56 Å². The molecule has 31 heavy (non-hydrogen) atoms. The summed E-state index contributed by atoms with van der Waals surface area (Å²) in [6.45, 7) is 14.2. The summed E-state index contributed by atoms with van der Waals surface area (Å²) < 4.78 is 1.62. The molecule has 0 aliphatic rings. The standard InChI is InChI=1S/C24H29N3O2S2/c1-7-12-26-23(29)21-19(18-10-8-17(6)9-11-18)13-30-22(21)25-24(26)31-14-20(28)27(15(2)3)16(4)5/h7-11,13,15-16H,1,12,14H2,2-6H3. The second-order valence-electron chi connectivity index (χ2n) is 8.07. The van der Waals surface area contributed by atoms with Crippen LogP contribution in [-0.4, -0.2) is 38.2 Å². The number of thiophene rings is 1. The van der Waals surface area contributed by atoms with Crippen LogP contribution in [-0.2, 0) is 11.3 Å². The van der Waals surface area contributed by atoms with E-state index in [4.69, 9.17) is 4.98 Å². The van der Waals surface area contributed by atoms with Crippen molar-refractivity contribution in [2.45, 2.75) is 58.4 Å². The molecular formula is C24H29N3O2S2. The van der Waals surface area contributed by atoms with E-state index >= 15 is 0 Å². The monoisotopic (exact) mass is 455 g/mol. The Morgan fingerprint density at radius 2 is 1.87 bits per heavy atom. The Labute approximate surface area is 191 Å². The largest absolute Gasteiger partial charge is 0.337 e. The van der Waals surface area contributed by atoms with Gasteiger partial charge < -0.3 is 4.90 Å². The minimum Gasteiger partial charge on any atom is -0.337 e. The molecule has 7 heteroatoms. The first-order chi connectivity index (χ1) is 14.7. The maximum absolute atomic E-state index is 13.4. The molecule has 0 saturated heterocycles. The van der Waals surface area contributed by atoms with Gasteiger partial charge in [0.05, 0.1) is 11.1 Å². The second-order valence-corrected chi connectivity index (χ2v) is 9.87.